The molecule has 2 nitrogen and oxygen atoms in total. The smallest absolute Gasteiger partial charge is 0.306 e. The van der Waals surface area contributed by atoms with Crippen molar-refractivity contribution in [2.75, 3.05) is 0 Å². The van der Waals surface area contributed by atoms with Gasteiger partial charge in [-0.25, -0.2) is 0 Å². The molecule has 0 spiro atoms. The van der Waals surface area contributed by atoms with Crippen LogP contribution >= 0.6 is 0 Å². The van der Waals surface area contributed by atoms with E-state index in [0.717, 1.165) is 18.4 Å². The lowest BCUT2D eigenvalue weighted by atomic mass is 9.93. The van der Waals surface area contributed by atoms with Crippen LogP contribution in [0.1, 0.15) is 70.3 Å². The molecule has 0 amide bonds. The zero-order chi connectivity index (χ0) is 15.3. The van der Waals surface area contributed by atoms with Crippen LogP contribution in [0.25, 0.3) is 0 Å². The molecule has 21 heavy (non-hydrogen) atoms. The summed E-state index contributed by atoms with van der Waals surface area (Å²) in [5.41, 5.74) is 1.13. The molecule has 0 aliphatic carbocycles. The Balaban J connectivity index is 2.16. The molecule has 0 radical (unpaired) electrons. The SMILES string of the molecule is CCCCCCCCCCC(Cc1ccccc1)C(=O)O. The van der Waals surface area contributed by atoms with Crippen molar-refractivity contribution in [2.24, 2.45) is 5.92 Å². The number of hydrogen-bond donors (Lipinski definition) is 1. The molecule has 0 heterocycles. The number of rotatable bonds is 12. The van der Waals surface area contributed by atoms with Crippen molar-refractivity contribution in [3.8, 4) is 0 Å². The molecule has 1 aromatic carbocycles. The second-order valence-corrected chi connectivity index (χ2v) is 5.99. The average molecular weight is 290 g/mol. The van der Waals surface area contributed by atoms with Crippen molar-refractivity contribution in [3.05, 3.63) is 35.9 Å². The first-order valence-electron chi connectivity index (χ1n) is 8.50. The second kappa shape index (κ2) is 11.4. The Morgan fingerprint density at radius 1 is 0.952 bits per heavy atom. The van der Waals surface area contributed by atoms with Gasteiger partial charge in [-0.3, -0.25) is 4.79 Å². The van der Waals surface area contributed by atoms with Crippen LogP contribution in [0.2, 0.25) is 0 Å². The van der Waals surface area contributed by atoms with Gasteiger partial charge in [-0.05, 0) is 18.4 Å². The van der Waals surface area contributed by atoms with Gasteiger partial charge in [-0.15, -0.1) is 0 Å². The lowest BCUT2D eigenvalue weighted by molar-refractivity contribution is -0.142. The fraction of sp³-hybridized carbons (Fsp3) is 0.632. The van der Waals surface area contributed by atoms with E-state index in [1.807, 2.05) is 30.3 Å². The zero-order valence-electron chi connectivity index (χ0n) is 13.4. The van der Waals surface area contributed by atoms with E-state index in [-0.39, 0.29) is 5.92 Å². The van der Waals surface area contributed by atoms with Crippen molar-refractivity contribution in [1.29, 1.82) is 0 Å². The molecule has 1 aromatic rings. The first kappa shape index (κ1) is 17.7. The van der Waals surface area contributed by atoms with E-state index in [4.69, 9.17) is 0 Å². The predicted octanol–water partition coefficient (Wildman–Crippen LogP) is 5.46. The molecule has 2 heteroatoms. The van der Waals surface area contributed by atoms with Gasteiger partial charge in [0.1, 0.15) is 0 Å². The van der Waals surface area contributed by atoms with Crippen LogP contribution in [0.5, 0.6) is 0 Å². The van der Waals surface area contributed by atoms with E-state index in [2.05, 4.69) is 6.92 Å². The van der Waals surface area contributed by atoms with E-state index in [0.29, 0.717) is 6.42 Å². The maximum absolute atomic E-state index is 11.3. The van der Waals surface area contributed by atoms with Crippen LogP contribution in [0.3, 0.4) is 0 Å². The summed E-state index contributed by atoms with van der Waals surface area (Å²) in [7, 11) is 0. The molecule has 0 bridgehead atoms. The predicted molar refractivity (Wildman–Crippen MR) is 88.5 cm³/mol. The van der Waals surface area contributed by atoms with E-state index >= 15 is 0 Å². The number of unbranched alkanes of at least 4 members (excludes halogenated alkanes) is 7. The van der Waals surface area contributed by atoms with Crippen LogP contribution in [0, 0.1) is 5.92 Å². The third-order valence-electron chi connectivity index (χ3n) is 4.08. The van der Waals surface area contributed by atoms with Gasteiger partial charge in [0.05, 0.1) is 5.92 Å². The van der Waals surface area contributed by atoms with Gasteiger partial charge in [0, 0.05) is 0 Å². The molecule has 0 aliphatic rings. The van der Waals surface area contributed by atoms with Gasteiger partial charge >= 0.3 is 5.97 Å². The summed E-state index contributed by atoms with van der Waals surface area (Å²) in [4.78, 5) is 11.3. The van der Waals surface area contributed by atoms with Crippen LogP contribution in [0.4, 0.5) is 0 Å². The minimum Gasteiger partial charge on any atom is -0.481 e. The lowest BCUT2D eigenvalue weighted by Gasteiger charge is -2.12. The Morgan fingerprint density at radius 2 is 1.52 bits per heavy atom. The number of aliphatic carboxylic acids is 1. The largest absolute Gasteiger partial charge is 0.481 e. The molecule has 1 N–H and O–H groups in total. The molecular formula is C19H30O2. The monoisotopic (exact) mass is 290 g/mol. The summed E-state index contributed by atoms with van der Waals surface area (Å²) in [6.45, 7) is 2.23. The molecule has 0 saturated heterocycles. The molecule has 0 aliphatic heterocycles. The van der Waals surface area contributed by atoms with Crippen LogP contribution in [-0.2, 0) is 11.2 Å². The van der Waals surface area contributed by atoms with Crippen molar-refractivity contribution in [1.82, 2.24) is 0 Å². The minimum atomic E-state index is -0.651. The Bertz CT molecular complexity index is 372. The van der Waals surface area contributed by atoms with Crippen LogP contribution in [0.15, 0.2) is 30.3 Å². The molecule has 0 saturated carbocycles. The Labute approximate surface area is 129 Å². The fourth-order valence-corrected chi connectivity index (χ4v) is 2.74. The van der Waals surface area contributed by atoms with Crippen molar-refractivity contribution < 1.29 is 9.90 Å². The minimum absolute atomic E-state index is 0.229. The van der Waals surface area contributed by atoms with Crippen molar-refractivity contribution in [3.63, 3.8) is 0 Å². The van der Waals surface area contributed by atoms with Gasteiger partial charge in [-0.2, -0.15) is 0 Å². The Morgan fingerprint density at radius 3 is 2.10 bits per heavy atom. The standard InChI is InChI=1S/C19H30O2/c1-2-3-4-5-6-7-8-12-15-18(19(20)21)16-17-13-10-9-11-14-17/h9-11,13-14,18H,2-8,12,15-16H2,1H3,(H,20,21). The average Bonchev–Trinajstić information content (AvgIpc) is 2.49. The molecule has 1 unspecified atom stereocenters. The summed E-state index contributed by atoms with van der Waals surface area (Å²) >= 11 is 0. The van der Waals surface area contributed by atoms with E-state index in [9.17, 15) is 9.90 Å². The topological polar surface area (TPSA) is 37.3 Å². The van der Waals surface area contributed by atoms with Crippen molar-refractivity contribution >= 4 is 5.97 Å². The first-order valence-corrected chi connectivity index (χ1v) is 8.50. The highest BCUT2D eigenvalue weighted by molar-refractivity contribution is 5.70. The molecule has 118 valence electrons. The summed E-state index contributed by atoms with van der Waals surface area (Å²) in [6, 6.07) is 9.96. The number of carbonyl (C=O) groups is 1. The Hall–Kier alpha value is -1.31. The fourth-order valence-electron chi connectivity index (χ4n) is 2.74. The molecule has 0 aromatic heterocycles. The first-order chi connectivity index (χ1) is 10.2. The van der Waals surface area contributed by atoms with E-state index in [1.54, 1.807) is 0 Å². The number of benzene rings is 1. The van der Waals surface area contributed by atoms with Gasteiger partial charge in [0.15, 0.2) is 0 Å². The quantitative estimate of drug-likeness (QED) is 0.519. The highest BCUT2D eigenvalue weighted by Gasteiger charge is 2.17. The zero-order valence-corrected chi connectivity index (χ0v) is 13.4. The third kappa shape index (κ3) is 8.54. The summed E-state index contributed by atoms with van der Waals surface area (Å²) in [5.74, 6) is -0.880. The lowest BCUT2D eigenvalue weighted by Crippen LogP contribution is -2.16. The van der Waals surface area contributed by atoms with Gasteiger partial charge in [0.2, 0.25) is 0 Å². The van der Waals surface area contributed by atoms with Crippen LogP contribution in [-0.4, -0.2) is 11.1 Å². The van der Waals surface area contributed by atoms with Gasteiger partial charge < -0.3 is 5.11 Å². The Kier molecular flexibility index (Phi) is 9.60. The molecular weight excluding hydrogens is 260 g/mol. The summed E-state index contributed by atoms with van der Waals surface area (Å²) in [6.07, 6.45) is 11.5. The molecule has 1 rings (SSSR count). The normalized spacial score (nSPS) is 12.2. The highest BCUT2D eigenvalue weighted by atomic mass is 16.4. The summed E-state index contributed by atoms with van der Waals surface area (Å²) in [5, 5.41) is 9.33. The van der Waals surface area contributed by atoms with Gasteiger partial charge in [-0.1, -0.05) is 88.6 Å². The number of hydrogen-bond acceptors (Lipinski definition) is 1. The van der Waals surface area contributed by atoms with Gasteiger partial charge in [0.25, 0.3) is 0 Å². The molecule has 0 fully saturated rings. The number of carboxylic acids is 1. The maximum atomic E-state index is 11.3. The van der Waals surface area contributed by atoms with E-state index in [1.165, 1.54) is 44.9 Å². The molecule has 1 atom stereocenters. The highest BCUT2D eigenvalue weighted by Crippen LogP contribution is 2.17. The van der Waals surface area contributed by atoms with Crippen LogP contribution < -0.4 is 0 Å². The second-order valence-electron chi connectivity index (χ2n) is 5.99. The third-order valence-corrected chi connectivity index (χ3v) is 4.08. The van der Waals surface area contributed by atoms with E-state index < -0.39 is 5.97 Å². The summed E-state index contributed by atoms with van der Waals surface area (Å²) < 4.78 is 0. The van der Waals surface area contributed by atoms with Crippen molar-refractivity contribution in [2.45, 2.75) is 71.1 Å². The maximum Gasteiger partial charge on any atom is 0.306 e. The number of carboxylic acid groups (broad SMARTS) is 1.